The van der Waals surface area contributed by atoms with E-state index in [9.17, 15) is 18.7 Å². The molecule has 0 aromatic carbocycles. The molecule has 1 saturated heterocycles. The Labute approximate surface area is 92.2 Å². The molecule has 0 spiro atoms. The predicted molar refractivity (Wildman–Crippen MR) is 50.8 cm³/mol. The smallest absolute Gasteiger partial charge is 0.345 e. The Bertz CT molecular complexity index is 282. The van der Waals surface area contributed by atoms with E-state index in [4.69, 9.17) is 0 Å². The summed E-state index contributed by atoms with van der Waals surface area (Å²) in [5.74, 6) is -0.205. The van der Waals surface area contributed by atoms with E-state index in [1.165, 1.54) is 4.90 Å². The normalized spacial score (nSPS) is 34.8. The molecular formula is C10H15F2NO3. The Balaban J connectivity index is 1.70. The lowest BCUT2D eigenvalue weighted by molar-refractivity contribution is -0.203. The van der Waals surface area contributed by atoms with E-state index in [0.717, 1.165) is 0 Å². The number of carbonyl (C=O) groups is 1. The predicted octanol–water partition coefficient (Wildman–Crippen LogP) is 0.597. The van der Waals surface area contributed by atoms with Crippen LogP contribution in [0, 0.1) is 5.92 Å². The van der Waals surface area contributed by atoms with Gasteiger partial charge in [0.05, 0.1) is 11.7 Å². The van der Waals surface area contributed by atoms with Crippen LogP contribution in [0.5, 0.6) is 0 Å². The van der Waals surface area contributed by atoms with Gasteiger partial charge in [-0.2, -0.15) is 8.78 Å². The van der Waals surface area contributed by atoms with E-state index >= 15 is 0 Å². The maximum atomic E-state index is 11.8. The molecule has 1 heterocycles. The lowest BCUT2D eigenvalue weighted by Gasteiger charge is -2.46. The van der Waals surface area contributed by atoms with Crippen molar-refractivity contribution in [3.05, 3.63) is 0 Å². The molecule has 6 heteroatoms. The quantitative estimate of drug-likeness (QED) is 0.779. The maximum Gasteiger partial charge on any atom is 0.345 e. The number of carbonyl (C=O) groups excluding carboxylic acids is 1. The van der Waals surface area contributed by atoms with Crippen molar-refractivity contribution in [2.45, 2.75) is 38.1 Å². The van der Waals surface area contributed by atoms with Gasteiger partial charge in [0, 0.05) is 19.0 Å². The summed E-state index contributed by atoms with van der Waals surface area (Å²) < 4.78 is 27.9. The standard InChI is InChI=1S/C10H15F2NO3/c1-10(15)2-6(3-10)8(14)13-4-7(5-13)16-9(11)12/h6-7,9,15H,2-5H2,1H3. The highest BCUT2D eigenvalue weighted by Crippen LogP contribution is 2.39. The minimum absolute atomic E-state index is 0.0550. The molecule has 2 aliphatic rings. The Morgan fingerprint density at radius 3 is 2.50 bits per heavy atom. The molecule has 1 aliphatic heterocycles. The molecule has 0 atom stereocenters. The zero-order valence-corrected chi connectivity index (χ0v) is 9.03. The van der Waals surface area contributed by atoms with Gasteiger partial charge >= 0.3 is 6.61 Å². The number of hydrogen-bond acceptors (Lipinski definition) is 3. The highest BCUT2D eigenvalue weighted by Gasteiger charge is 2.46. The number of hydrogen-bond donors (Lipinski definition) is 1. The summed E-state index contributed by atoms with van der Waals surface area (Å²) in [5, 5.41) is 9.48. The summed E-state index contributed by atoms with van der Waals surface area (Å²) in [5.41, 5.74) is -0.732. The molecule has 2 fully saturated rings. The van der Waals surface area contributed by atoms with E-state index in [2.05, 4.69) is 4.74 Å². The monoisotopic (exact) mass is 235 g/mol. The molecule has 2 rings (SSSR count). The van der Waals surface area contributed by atoms with Gasteiger partial charge in [0.1, 0.15) is 0 Å². The SMILES string of the molecule is CC1(O)CC(C(=O)N2CC(OC(F)F)C2)C1. The molecule has 16 heavy (non-hydrogen) atoms. The molecule has 0 aromatic rings. The average molecular weight is 235 g/mol. The van der Waals surface area contributed by atoms with E-state index in [1.807, 2.05) is 0 Å². The van der Waals surface area contributed by atoms with Crippen LogP contribution in [0.3, 0.4) is 0 Å². The maximum absolute atomic E-state index is 11.8. The molecule has 4 nitrogen and oxygen atoms in total. The van der Waals surface area contributed by atoms with E-state index in [1.54, 1.807) is 6.92 Å². The number of halogens is 2. The fourth-order valence-electron chi connectivity index (χ4n) is 2.28. The third kappa shape index (κ3) is 2.32. The summed E-state index contributed by atoms with van der Waals surface area (Å²) in [6.45, 7) is -0.606. The van der Waals surface area contributed by atoms with Crippen molar-refractivity contribution in [3.63, 3.8) is 0 Å². The zero-order chi connectivity index (χ0) is 11.9. The van der Waals surface area contributed by atoms with Crippen molar-refractivity contribution in [1.82, 2.24) is 4.90 Å². The molecule has 1 N–H and O–H groups in total. The van der Waals surface area contributed by atoms with Crippen LogP contribution < -0.4 is 0 Å². The fraction of sp³-hybridized carbons (Fsp3) is 0.900. The number of aliphatic hydroxyl groups is 1. The van der Waals surface area contributed by atoms with E-state index in [-0.39, 0.29) is 24.9 Å². The molecule has 1 amide bonds. The summed E-state index contributed by atoms with van der Waals surface area (Å²) in [6, 6.07) is 0. The molecule has 0 unspecified atom stereocenters. The highest BCUT2D eigenvalue weighted by molar-refractivity contribution is 5.81. The second-order valence-electron chi connectivity index (χ2n) is 4.86. The molecule has 92 valence electrons. The van der Waals surface area contributed by atoms with Gasteiger partial charge in [0.25, 0.3) is 0 Å². The van der Waals surface area contributed by atoms with Crippen LogP contribution in [0.4, 0.5) is 8.78 Å². The number of alkyl halides is 2. The van der Waals surface area contributed by atoms with Gasteiger partial charge in [-0.15, -0.1) is 0 Å². The topological polar surface area (TPSA) is 49.8 Å². The molecule has 1 saturated carbocycles. The number of amides is 1. The third-order valence-electron chi connectivity index (χ3n) is 3.18. The van der Waals surface area contributed by atoms with Crippen LogP contribution in [-0.4, -0.2) is 47.3 Å². The first-order chi connectivity index (χ1) is 7.37. The summed E-state index contributed by atoms with van der Waals surface area (Å²) in [6.07, 6.45) is 0.385. The third-order valence-corrected chi connectivity index (χ3v) is 3.18. The van der Waals surface area contributed by atoms with Crippen LogP contribution in [0.15, 0.2) is 0 Å². The van der Waals surface area contributed by atoms with Crippen LogP contribution in [-0.2, 0) is 9.53 Å². The number of rotatable bonds is 3. The fourth-order valence-corrected chi connectivity index (χ4v) is 2.28. The Kier molecular flexibility index (Phi) is 2.88. The zero-order valence-electron chi connectivity index (χ0n) is 9.03. The van der Waals surface area contributed by atoms with Gasteiger partial charge < -0.3 is 14.7 Å². The van der Waals surface area contributed by atoms with Crippen LogP contribution in [0.25, 0.3) is 0 Å². The number of likely N-dealkylation sites (tertiary alicyclic amines) is 1. The molecular weight excluding hydrogens is 220 g/mol. The van der Waals surface area contributed by atoms with E-state index in [0.29, 0.717) is 12.8 Å². The van der Waals surface area contributed by atoms with Crippen molar-refractivity contribution in [3.8, 4) is 0 Å². The van der Waals surface area contributed by atoms with Gasteiger partial charge in [-0.05, 0) is 19.8 Å². The second kappa shape index (κ2) is 3.92. The Morgan fingerprint density at radius 1 is 1.50 bits per heavy atom. The van der Waals surface area contributed by atoms with Gasteiger partial charge in [0.15, 0.2) is 0 Å². The highest BCUT2D eigenvalue weighted by atomic mass is 19.3. The average Bonchev–Trinajstić information content (AvgIpc) is 2.05. The van der Waals surface area contributed by atoms with Crippen LogP contribution in [0.1, 0.15) is 19.8 Å². The first kappa shape index (κ1) is 11.7. The number of nitrogens with zero attached hydrogens (tertiary/aromatic N) is 1. The Hall–Kier alpha value is -0.750. The lowest BCUT2D eigenvalue weighted by Crippen LogP contribution is -2.59. The van der Waals surface area contributed by atoms with Gasteiger partial charge in [0.2, 0.25) is 5.91 Å². The number of ether oxygens (including phenoxy) is 1. The van der Waals surface area contributed by atoms with Crippen LogP contribution in [0.2, 0.25) is 0 Å². The Morgan fingerprint density at radius 2 is 2.06 bits per heavy atom. The van der Waals surface area contributed by atoms with Crippen molar-refractivity contribution in [2.75, 3.05) is 13.1 Å². The van der Waals surface area contributed by atoms with Crippen molar-refractivity contribution >= 4 is 5.91 Å². The minimum Gasteiger partial charge on any atom is -0.390 e. The van der Waals surface area contributed by atoms with Crippen molar-refractivity contribution in [2.24, 2.45) is 5.92 Å². The first-order valence-electron chi connectivity index (χ1n) is 5.32. The first-order valence-corrected chi connectivity index (χ1v) is 5.32. The van der Waals surface area contributed by atoms with Gasteiger partial charge in [-0.25, -0.2) is 0 Å². The van der Waals surface area contributed by atoms with E-state index < -0.39 is 18.3 Å². The van der Waals surface area contributed by atoms with Crippen molar-refractivity contribution < 1.29 is 23.4 Å². The lowest BCUT2D eigenvalue weighted by atomic mass is 9.71. The van der Waals surface area contributed by atoms with Gasteiger partial charge in [-0.3, -0.25) is 4.79 Å². The second-order valence-corrected chi connectivity index (χ2v) is 4.86. The largest absolute Gasteiger partial charge is 0.390 e. The summed E-state index contributed by atoms with van der Waals surface area (Å²) >= 11 is 0. The van der Waals surface area contributed by atoms with Crippen molar-refractivity contribution in [1.29, 1.82) is 0 Å². The summed E-state index contributed by atoms with van der Waals surface area (Å²) in [4.78, 5) is 13.2. The molecule has 0 bridgehead atoms. The minimum atomic E-state index is -2.77. The molecule has 0 aromatic heterocycles. The molecule has 1 aliphatic carbocycles. The van der Waals surface area contributed by atoms with Gasteiger partial charge in [-0.1, -0.05) is 0 Å². The summed E-state index contributed by atoms with van der Waals surface area (Å²) in [7, 11) is 0. The molecule has 0 radical (unpaired) electrons. The van der Waals surface area contributed by atoms with Crippen LogP contribution >= 0.6 is 0 Å².